The Labute approximate surface area is 83.2 Å². The monoisotopic (exact) mass is 194 g/mol. The number of hydrogen-bond donors (Lipinski definition) is 0. The zero-order chi connectivity index (χ0) is 9.84. The SMILES string of the molecule is CC(C)[C@@H](C#N)c1ccc(Cl)nc1. The van der Waals surface area contributed by atoms with E-state index in [4.69, 9.17) is 16.9 Å². The molecule has 0 aliphatic rings. The van der Waals surface area contributed by atoms with Crippen molar-refractivity contribution in [3.63, 3.8) is 0 Å². The molecule has 0 amide bonds. The van der Waals surface area contributed by atoms with Crippen LogP contribution in [0.3, 0.4) is 0 Å². The second-order valence-corrected chi connectivity index (χ2v) is 3.65. The highest BCUT2D eigenvalue weighted by molar-refractivity contribution is 6.29. The minimum Gasteiger partial charge on any atom is -0.244 e. The van der Waals surface area contributed by atoms with Crippen molar-refractivity contribution in [2.45, 2.75) is 19.8 Å². The van der Waals surface area contributed by atoms with Crippen LogP contribution in [0.4, 0.5) is 0 Å². The number of nitriles is 1. The first-order chi connectivity index (χ1) is 6.15. The Morgan fingerprint density at radius 2 is 2.15 bits per heavy atom. The molecule has 0 unspecified atom stereocenters. The smallest absolute Gasteiger partial charge is 0.129 e. The van der Waals surface area contributed by atoms with Crippen molar-refractivity contribution in [2.24, 2.45) is 5.92 Å². The lowest BCUT2D eigenvalue weighted by Gasteiger charge is -2.12. The highest BCUT2D eigenvalue weighted by Crippen LogP contribution is 2.23. The first-order valence-electron chi connectivity index (χ1n) is 4.16. The molecule has 0 aromatic carbocycles. The van der Waals surface area contributed by atoms with E-state index in [2.05, 4.69) is 11.1 Å². The van der Waals surface area contributed by atoms with Crippen LogP contribution >= 0.6 is 11.6 Å². The third kappa shape index (κ3) is 2.43. The molecule has 0 fully saturated rings. The molecule has 0 aliphatic carbocycles. The lowest BCUT2D eigenvalue weighted by atomic mass is 9.91. The van der Waals surface area contributed by atoms with Crippen LogP contribution in [0, 0.1) is 17.2 Å². The van der Waals surface area contributed by atoms with Crippen LogP contribution in [0.25, 0.3) is 0 Å². The molecule has 0 bridgehead atoms. The lowest BCUT2D eigenvalue weighted by molar-refractivity contribution is 0.586. The van der Waals surface area contributed by atoms with Gasteiger partial charge >= 0.3 is 0 Å². The maximum Gasteiger partial charge on any atom is 0.129 e. The molecular formula is C10H11ClN2. The molecule has 13 heavy (non-hydrogen) atoms. The van der Waals surface area contributed by atoms with Gasteiger partial charge in [-0.15, -0.1) is 0 Å². The van der Waals surface area contributed by atoms with E-state index in [0.717, 1.165) is 5.56 Å². The van der Waals surface area contributed by atoms with Crippen molar-refractivity contribution < 1.29 is 0 Å². The molecule has 2 nitrogen and oxygen atoms in total. The summed E-state index contributed by atoms with van der Waals surface area (Å²) in [6, 6.07) is 5.82. The van der Waals surface area contributed by atoms with E-state index in [1.54, 1.807) is 12.3 Å². The third-order valence-corrected chi connectivity index (χ3v) is 2.14. The summed E-state index contributed by atoms with van der Waals surface area (Å²) >= 11 is 5.65. The molecule has 1 heterocycles. The van der Waals surface area contributed by atoms with Crippen LogP contribution < -0.4 is 0 Å². The largest absolute Gasteiger partial charge is 0.244 e. The molecule has 1 rings (SSSR count). The lowest BCUT2D eigenvalue weighted by Crippen LogP contribution is -2.04. The van der Waals surface area contributed by atoms with Gasteiger partial charge < -0.3 is 0 Å². The van der Waals surface area contributed by atoms with Crippen LogP contribution in [-0.2, 0) is 0 Å². The molecule has 0 saturated heterocycles. The van der Waals surface area contributed by atoms with E-state index >= 15 is 0 Å². The van der Waals surface area contributed by atoms with Crippen LogP contribution in [0.5, 0.6) is 0 Å². The van der Waals surface area contributed by atoms with Gasteiger partial charge in [0.25, 0.3) is 0 Å². The predicted molar refractivity (Wildman–Crippen MR) is 52.4 cm³/mol. The highest BCUT2D eigenvalue weighted by atomic mass is 35.5. The second kappa shape index (κ2) is 4.25. The van der Waals surface area contributed by atoms with E-state index in [1.165, 1.54) is 0 Å². The highest BCUT2D eigenvalue weighted by Gasteiger charge is 2.14. The van der Waals surface area contributed by atoms with Gasteiger partial charge in [0, 0.05) is 6.20 Å². The Hall–Kier alpha value is -1.07. The van der Waals surface area contributed by atoms with E-state index in [1.807, 2.05) is 19.9 Å². The van der Waals surface area contributed by atoms with Crippen molar-refractivity contribution in [3.8, 4) is 6.07 Å². The molecule has 1 aromatic heterocycles. The minimum atomic E-state index is -0.0928. The number of rotatable bonds is 2. The van der Waals surface area contributed by atoms with E-state index in [-0.39, 0.29) is 5.92 Å². The van der Waals surface area contributed by atoms with Crippen LogP contribution in [0.2, 0.25) is 5.15 Å². The molecule has 0 spiro atoms. The Morgan fingerprint density at radius 1 is 1.46 bits per heavy atom. The fourth-order valence-corrected chi connectivity index (χ4v) is 1.29. The summed E-state index contributed by atoms with van der Waals surface area (Å²) in [4.78, 5) is 3.94. The average Bonchev–Trinajstić information content (AvgIpc) is 2.09. The van der Waals surface area contributed by atoms with Crippen molar-refractivity contribution in [1.82, 2.24) is 4.98 Å². The molecule has 0 N–H and O–H groups in total. The summed E-state index contributed by atoms with van der Waals surface area (Å²) in [5.74, 6) is 0.206. The summed E-state index contributed by atoms with van der Waals surface area (Å²) < 4.78 is 0. The van der Waals surface area contributed by atoms with Crippen molar-refractivity contribution >= 4 is 11.6 Å². The molecule has 3 heteroatoms. The average molecular weight is 195 g/mol. The Morgan fingerprint density at radius 3 is 2.54 bits per heavy atom. The number of pyridine rings is 1. The molecule has 0 aliphatic heterocycles. The molecule has 68 valence electrons. The predicted octanol–water partition coefficient (Wildman–Crippen LogP) is 3.00. The maximum atomic E-state index is 8.91. The summed E-state index contributed by atoms with van der Waals surface area (Å²) in [5, 5.41) is 9.37. The van der Waals surface area contributed by atoms with Gasteiger partial charge in [-0.25, -0.2) is 4.98 Å². The topological polar surface area (TPSA) is 36.7 Å². The summed E-state index contributed by atoms with van der Waals surface area (Å²) in [5.41, 5.74) is 0.932. The molecular weight excluding hydrogens is 184 g/mol. The Bertz CT molecular complexity index is 311. The Kier molecular flexibility index (Phi) is 3.27. The van der Waals surface area contributed by atoms with E-state index in [0.29, 0.717) is 11.1 Å². The number of aromatic nitrogens is 1. The quantitative estimate of drug-likeness (QED) is 0.679. The van der Waals surface area contributed by atoms with Gasteiger partial charge in [0.15, 0.2) is 0 Å². The normalized spacial score (nSPS) is 12.5. The molecule has 0 saturated carbocycles. The number of hydrogen-bond acceptors (Lipinski definition) is 2. The van der Waals surface area contributed by atoms with E-state index < -0.39 is 0 Å². The fourth-order valence-electron chi connectivity index (χ4n) is 1.18. The molecule has 1 atom stereocenters. The van der Waals surface area contributed by atoms with Gasteiger partial charge in [-0.3, -0.25) is 0 Å². The van der Waals surface area contributed by atoms with Gasteiger partial charge in [-0.2, -0.15) is 5.26 Å². The molecule has 0 radical (unpaired) electrons. The first kappa shape index (κ1) is 10.0. The summed E-state index contributed by atoms with van der Waals surface area (Å²) in [6.07, 6.45) is 1.66. The van der Waals surface area contributed by atoms with Gasteiger partial charge in [0.2, 0.25) is 0 Å². The van der Waals surface area contributed by atoms with Gasteiger partial charge in [-0.05, 0) is 17.5 Å². The zero-order valence-electron chi connectivity index (χ0n) is 7.66. The minimum absolute atomic E-state index is 0.0928. The number of nitrogens with zero attached hydrogens (tertiary/aromatic N) is 2. The number of halogens is 1. The van der Waals surface area contributed by atoms with Gasteiger partial charge in [0.05, 0.1) is 12.0 Å². The third-order valence-electron chi connectivity index (χ3n) is 1.92. The molecule has 1 aromatic rings. The van der Waals surface area contributed by atoms with Crippen LogP contribution in [0.15, 0.2) is 18.3 Å². The van der Waals surface area contributed by atoms with Crippen molar-refractivity contribution in [1.29, 1.82) is 5.26 Å². The summed E-state index contributed by atoms with van der Waals surface area (Å²) in [7, 11) is 0. The van der Waals surface area contributed by atoms with Crippen molar-refractivity contribution in [3.05, 3.63) is 29.0 Å². The van der Waals surface area contributed by atoms with E-state index in [9.17, 15) is 0 Å². The van der Waals surface area contributed by atoms with Crippen molar-refractivity contribution in [2.75, 3.05) is 0 Å². The summed E-state index contributed by atoms with van der Waals surface area (Å²) in [6.45, 7) is 4.03. The maximum absolute atomic E-state index is 8.91. The van der Waals surface area contributed by atoms with Crippen LogP contribution in [-0.4, -0.2) is 4.98 Å². The zero-order valence-corrected chi connectivity index (χ0v) is 8.42. The fraction of sp³-hybridized carbons (Fsp3) is 0.400. The van der Waals surface area contributed by atoms with Crippen LogP contribution in [0.1, 0.15) is 25.3 Å². The second-order valence-electron chi connectivity index (χ2n) is 3.27. The Balaban J connectivity index is 2.94. The first-order valence-corrected chi connectivity index (χ1v) is 4.54. The van der Waals surface area contributed by atoms with Gasteiger partial charge in [0.1, 0.15) is 5.15 Å². The van der Waals surface area contributed by atoms with Gasteiger partial charge in [-0.1, -0.05) is 31.5 Å². The standard InChI is InChI=1S/C10H11ClN2/c1-7(2)9(5-12)8-3-4-10(11)13-6-8/h3-4,6-7,9H,1-2H3/t9-/m1/s1.